The number of hydrogen-bond donors (Lipinski definition) is 0. The molecule has 1 aliphatic carbocycles. The van der Waals surface area contributed by atoms with E-state index in [4.69, 9.17) is 0 Å². The fourth-order valence-corrected chi connectivity index (χ4v) is 2.19. The SMILES string of the molecule is C/C=C\CCC1=CCc2cc(C)ccc21. The van der Waals surface area contributed by atoms with Gasteiger partial charge in [-0.3, -0.25) is 0 Å². The molecule has 0 heterocycles. The van der Waals surface area contributed by atoms with Gasteiger partial charge >= 0.3 is 0 Å². The van der Waals surface area contributed by atoms with Crippen molar-refractivity contribution in [2.24, 2.45) is 0 Å². The highest BCUT2D eigenvalue weighted by molar-refractivity contribution is 5.73. The molecule has 1 aromatic rings. The zero-order chi connectivity index (χ0) is 10.7. The van der Waals surface area contributed by atoms with E-state index >= 15 is 0 Å². The highest BCUT2D eigenvalue weighted by Gasteiger charge is 2.12. The molecule has 0 nitrogen and oxygen atoms in total. The van der Waals surface area contributed by atoms with Gasteiger partial charge in [-0.1, -0.05) is 42.0 Å². The van der Waals surface area contributed by atoms with Crippen LogP contribution in [0, 0.1) is 6.92 Å². The van der Waals surface area contributed by atoms with Crippen LogP contribution in [-0.2, 0) is 6.42 Å². The Labute approximate surface area is 92.3 Å². The lowest BCUT2D eigenvalue weighted by Gasteiger charge is -2.05. The fourth-order valence-electron chi connectivity index (χ4n) is 2.19. The number of aryl methyl sites for hydroxylation is 1. The Kier molecular flexibility index (Phi) is 3.05. The topological polar surface area (TPSA) is 0 Å². The van der Waals surface area contributed by atoms with Crippen molar-refractivity contribution in [2.45, 2.75) is 33.1 Å². The van der Waals surface area contributed by atoms with Crippen molar-refractivity contribution in [3.8, 4) is 0 Å². The molecule has 0 atom stereocenters. The van der Waals surface area contributed by atoms with Crippen LogP contribution in [0.1, 0.15) is 36.5 Å². The minimum atomic E-state index is 1.13. The van der Waals surface area contributed by atoms with Crippen molar-refractivity contribution in [2.75, 3.05) is 0 Å². The molecule has 0 aliphatic heterocycles. The molecule has 0 radical (unpaired) electrons. The summed E-state index contributed by atoms with van der Waals surface area (Å²) in [7, 11) is 0. The van der Waals surface area contributed by atoms with Crippen LogP contribution in [0.15, 0.2) is 36.4 Å². The first-order chi connectivity index (χ1) is 7.31. The van der Waals surface area contributed by atoms with E-state index in [2.05, 4.69) is 50.3 Å². The summed E-state index contributed by atoms with van der Waals surface area (Å²) >= 11 is 0. The van der Waals surface area contributed by atoms with Crippen LogP contribution in [0.3, 0.4) is 0 Å². The summed E-state index contributed by atoms with van der Waals surface area (Å²) in [5.74, 6) is 0. The van der Waals surface area contributed by atoms with Crippen LogP contribution in [0.4, 0.5) is 0 Å². The normalized spacial score (nSPS) is 14.4. The predicted molar refractivity (Wildman–Crippen MR) is 66.9 cm³/mol. The average Bonchev–Trinajstić information content (AvgIpc) is 2.61. The second kappa shape index (κ2) is 4.48. The van der Waals surface area contributed by atoms with Gasteiger partial charge < -0.3 is 0 Å². The van der Waals surface area contributed by atoms with Gasteiger partial charge in [0.05, 0.1) is 0 Å². The van der Waals surface area contributed by atoms with E-state index in [-0.39, 0.29) is 0 Å². The summed E-state index contributed by atoms with van der Waals surface area (Å²) < 4.78 is 0. The van der Waals surface area contributed by atoms with Gasteiger partial charge in [0, 0.05) is 0 Å². The molecule has 0 fully saturated rings. The Hall–Kier alpha value is -1.30. The van der Waals surface area contributed by atoms with E-state index in [0.717, 1.165) is 12.8 Å². The van der Waals surface area contributed by atoms with E-state index in [1.807, 2.05) is 0 Å². The molecule has 1 aromatic carbocycles. The highest BCUT2D eigenvalue weighted by atomic mass is 14.2. The van der Waals surface area contributed by atoms with Crippen molar-refractivity contribution in [1.29, 1.82) is 0 Å². The second-order valence-electron chi connectivity index (χ2n) is 4.20. The molecule has 0 saturated carbocycles. The number of benzene rings is 1. The van der Waals surface area contributed by atoms with Gasteiger partial charge in [0.25, 0.3) is 0 Å². The number of hydrogen-bond acceptors (Lipinski definition) is 0. The largest absolute Gasteiger partial charge is 0.0917 e. The number of fused-ring (bicyclic) bond motifs is 1. The molecule has 0 saturated heterocycles. The molecule has 0 amide bonds. The first-order valence-electron chi connectivity index (χ1n) is 5.71. The Bertz CT molecular complexity index is 408. The molecule has 0 aromatic heterocycles. The van der Waals surface area contributed by atoms with E-state index in [1.54, 1.807) is 0 Å². The zero-order valence-electron chi connectivity index (χ0n) is 9.59. The van der Waals surface area contributed by atoms with Crippen LogP contribution < -0.4 is 0 Å². The van der Waals surface area contributed by atoms with Gasteiger partial charge in [-0.05, 0) is 49.8 Å². The zero-order valence-corrected chi connectivity index (χ0v) is 9.59. The van der Waals surface area contributed by atoms with Crippen LogP contribution in [-0.4, -0.2) is 0 Å². The molecule has 1 aliphatic rings. The Balaban J connectivity index is 2.13. The van der Waals surface area contributed by atoms with E-state index < -0.39 is 0 Å². The maximum absolute atomic E-state index is 2.38. The summed E-state index contributed by atoms with van der Waals surface area (Å²) in [6.45, 7) is 4.25. The minimum absolute atomic E-state index is 1.13. The molecule has 0 unspecified atom stereocenters. The summed E-state index contributed by atoms with van der Waals surface area (Å²) in [6.07, 6.45) is 10.2. The fraction of sp³-hybridized carbons (Fsp3) is 0.333. The smallest absolute Gasteiger partial charge is 0.00853 e. The Morgan fingerprint density at radius 3 is 3.00 bits per heavy atom. The maximum atomic E-state index is 2.38. The molecule has 0 spiro atoms. The summed E-state index contributed by atoms with van der Waals surface area (Å²) in [4.78, 5) is 0. The first-order valence-corrected chi connectivity index (χ1v) is 5.71. The molecule has 78 valence electrons. The molecule has 0 heteroatoms. The molecular weight excluding hydrogens is 180 g/mol. The molecular formula is C15H18. The van der Waals surface area contributed by atoms with Crippen molar-refractivity contribution in [1.82, 2.24) is 0 Å². The van der Waals surface area contributed by atoms with Gasteiger partial charge in [0.15, 0.2) is 0 Å². The van der Waals surface area contributed by atoms with Crippen LogP contribution in [0.2, 0.25) is 0 Å². The van der Waals surface area contributed by atoms with Crippen LogP contribution in [0.25, 0.3) is 5.57 Å². The number of rotatable bonds is 3. The van der Waals surface area contributed by atoms with Gasteiger partial charge in [0.1, 0.15) is 0 Å². The van der Waals surface area contributed by atoms with Gasteiger partial charge in [-0.15, -0.1) is 0 Å². The lowest BCUT2D eigenvalue weighted by Crippen LogP contribution is -1.86. The van der Waals surface area contributed by atoms with E-state index in [0.29, 0.717) is 0 Å². The summed E-state index contributed by atoms with van der Waals surface area (Å²) in [5.41, 5.74) is 5.88. The standard InChI is InChI=1S/C15H18/c1-3-4-5-6-13-8-9-14-11-12(2)7-10-15(13)14/h3-4,7-8,10-11H,5-6,9H2,1-2H3/b4-3-. The number of allylic oxidation sites excluding steroid dienone is 4. The van der Waals surface area contributed by atoms with Crippen molar-refractivity contribution >= 4 is 5.57 Å². The molecule has 2 rings (SSSR count). The summed E-state index contributed by atoms with van der Waals surface area (Å²) in [5, 5.41) is 0. The van der Waals surface area contributed by atoms with E-state index in [1.165, 1.54) is 28.7 Å². The lowest BCUT2D eigenvalue weighted by atomic mass is 10.0. The van der Waals surface area contributed by atoms with Crippen molar-refractivity contribution in [3.63, 3.8) is 0 Å². The van der Waals surface area contributed by atoms with E-state index in [9.17, 15) is 0 Å². The van der Waals surface area contributed by atoms with Crippen LogP contribution >= 0.6 is 0 Å². The maximum Gasteiger partial charge on any atom is -0.00853 e. The lowest BCUT2D eigenvalue weighted by molar-refractivity contribution is 1.07. The molecule has 0 N–H and O–H groups in total. The minimum Gasteiger partial charge on any atom is -0.0917 e. The summed E-state index contributed by atoms with van der Waals surface area (Å²) in [6, 6.07) is 6.81. The predicted octanol–water partition coefficient (Wildman–Crippen LogP) is 4.29. The third-order valence-corrected chi connectivity index (χ3v) is 2.99. The third kappa shape index (κ3) is 2.20. The molecule has 15 heavy (non-hydrogen) atoms. The van der Waals surface area contributed by atoms with Gasteiger partial charge in [-0.25, -0.2) is 0 Å². The Morgan fingerprint density at radius 1 is 1.33 bits per heavy atom. The van der Waals surface area contributed by atoms with Crippen molar-refractivity contribution in [3.05, 3.63) is 53.1 Å². The first kappa shape index (κ1) is 10.2. The highest BCUT2D eigenvalue weighted by Crippen LogP contribution is 2.31. The van der Waals surface area contributed by atoms with Crippen molar-refractivity contribution < 1.29 is 0 Å². The second-order valence-corrected chi connectivity index (χ2v) is 4.20. The van der Waals surface area contributed by atoms with Gasteiger partial charge in [0.2, 0.25) is 0 Å². The van der Waals surface area contributed by atoms with Gasteiger partial charge in [-0.2, -0.15) is 0 Å². The van der Waals surface area contributed by atoms with Crippen LogP contribution in [0.5, 0.6) is 0 Å². The average molecular weight is 198 g/mol. The Morgan fingerprint density at radius 2 is 2.20 bits per heavy atom. The quantitative estimate of drug-likeness (QED) is 0.635. The molecule has 0 bridgehead atoms. The third-order valence-electron chi connectivity index (χ3n) is 2.99. The monoisotopic (exact) mass is 198 g/mol.